The molecule has 0 atom stereocenters. The van der Waals surface area contributed by atoms with Crippen molar-refractivity contribution in [3.05, 3.63) is 72.3 Å². The Kier molecular flexibility index (Phi) is 6.26. The molecule has 33 heavy (non-hydrogen) atoms. The summed E-state index contributed by atoms with van der Waals surface area (Å²) in [5.41, 5.74) is 5.08. The predicted molar refractivity (Wildman–Crippen MR) is 132 cm³/mol. The second kappa shape index (κ2) is 9.62. The van der Waals surface area contributed by atoms with Crippen LogP contribution in [0.15, 0.2) is 71.9 Å². The SMILES string of the molecule is CCc1ccc(-c2ccc3nnc(SCC(=O)N4CCN(c5ccccc5)CC4)n3n2)cc1. The summed E-state index contributed by atoms with van der Waals surface area (Å²) in [6, 6.07) is 22.6. The maximum Gasteiger partial charge on any atom is 0.233 e. The average Bonchev–Trinajstić information content (AvgIpc) is 3.30. The van der Waals surface area contributed by atoms with Crippen LogP contribution in [0.1, 0.15) is 12.5 Å². The number of rotatable bonds is 6. The topological polar surface area (TPSA) is 66.6 Å². The van der Waals surface area contributed by atoms with E-state index in [9.17, 15) is 4.79 Å². The monoisotopic (exact) mass is 458 g/mol. The number of thioether (sulfide) groups is 1. The molecule has 5 rings (SSSR count). The summed E-state index contributed by atoms with van der Waals surface area (Å²) in [4.78, 5) is 17.1. The van der Waals surface area contributed by atoms with Gasteiger partial charge in [0.15, 0.2) is 5.65 Å². The number of nitrogens with zero attached hydrogens (tertiary/aromatic N) is 6. The van der Waals surface area contributed by atoms with E-state index in [2.05, 4.69) is 58.4 Å². The van der Waals surface area contributed by atoms with Crippen LogP contribution in [0.4, 0.5) is 5.69 Å². The van der Waals surface area contributed by atoms with Gasteiger partial charge < -0.3 is 9.80 Å². The van der Waals surface area contributed by atoms with Crippen LogP contribution in [0.25, 0.3) is 16.9 Å². The van der Waals surface area contributed by atoms with Gasteiger partial charge in [0, 0.05) is 37.4 Å². The molecule has 8 heteroatoms. The molecule has 168 valence electrons. The molecule has 1 aliphatic heterocycles. The number of aryl methyl sites for hydroxylation is 1. The number of carbonyl (C=O) groups excluding carboxylic acids is 1. The third-order valence-electron chi connectivity index (χ3n) is 5.97. The summed E-state index contributed by atoms with van der Waals surface area (Å²) >= 11 is 1.39. The van der Waals surface area contributed by atoms with E-state index in [1.165, 1.54) is 23.0 Å². The number of para-hydroxylation sites is 1. The number of carbonyl (C=O) groups is 1. The number of hydrogen-bond acceptors (Lipinski definition) is 6. The second-order valence-electron chi connectivity index (χ2n) is 8.01. The molecule has 0 N–H and O–H groups in total. The summed E-state index contributed by atoms with van der Waals surface area (Å²) in [5, 5.41) is 13.8. The summed E-state index contributed by atoms with van der Waals surface area (Å²) < 4.78 is 1.73. The van der Waals surface area contributed by atoms with Crippen LogP contribution in [0.2, 0.25) is 0 Å². The van der Waals surface area contributed by atoms with Crippen LogP contribution in [-0.2, 0) is 11.2 Å². The Bertz CT molecular complexity index is 1230. The number of hydrogen-bond donors (Lipinski definition) is 0. The fourth-order valence-electron chi connectivity index (χ4n) is 3.99. The van der Waals surface area contributed by atoms with Gasteiger partial charge in [0.25, 0.3) is 0 Å². The van der Waals surface area contributed by atoms with Crippen molar-refractivity contribution in [3.63, 3.8) is 0 Å². The van der Waals surface area contributed by atoms with Crippen molar-refractivity contribution in [1.82, 2.24) is 24.7 Å². The summed E-state index contributed by atoms with van der Waals surface area (Å²) in [5.74, 6) is 0.444. The normalized spacial score (nSPS) is 14.1. The highest BCUT2D eigenvalue weighted by atomic mass is 32.2. The first-order chi connectivity index (χ1) is 16.2. The van der Waals surface area contributed by atoms with E-state index >= 15 is 0 Å². The third-order valence-corrected chi connectivity index (χ3v) is 6.87. The quantitative estimate of drug-likeness (QED) is 0.410. The fraction of sp³-hybridized carbons (Fsp3) is 0.280. The van der Waals surface area contributed by atoms with E-state index < -0.39 is 0 Å². The zero-order valence-corrected chi connectivity index (χ0v) is 19.4. The largest absolute Gasteiger partial charge is 0.368 e. The lowest BCUT2D eigenvalue weighted by molar-refractivity contribution is -0.128. The minimum atomic E-state index is 0.121. The Hall–Kier alpha value is -3.39. The number of fused-ring (bicyclic) bond motifs is 1. The summed E-state index contributed by atoms with van der Waals surface area (Å²) in [6.45, 7) is 5.28. The smallest absolute Gasteiger partial charge is 0.233 e. The molecule has 0 unspecified atom stereocenters. The predicted octanol–water partition coefficient (Wildman–Crippen LogP) is 3.79. The first-order valence-corrected chi connectivity index (χ1v) is 12.2. The first kappa shape index (κ1) is 21.5. The van der Waals surface area contributed by atoms with Gasteiger partial charge in [-0.25, -0.2) is 0 Å². The molecule has 0 aliphatic carbocycles. The summed E-state index contributed by atoms with van der Waals surface area (Å²) in [6.07, 6.45) is 1.01. The molecule has 7 nitrogen and oxygen atoms in total. The molecule has 4 aromatic rings. The Morgan fingerprint density at radius 1 is 0.909 bits per heavy atom. The van der Waals surface area contributed by atoms with Crippen molar-refractivity contribution < 1.29 is 4.79 Å². The lowest BCUT2D eigenvalue weighted by Gasteiger charge is -2.36. The highest BCUT2D eigenvalue weighted by Crippen LogP contribution is 2.22. The number of aromatic nitrogens is 4. The second-order valence-corrected chi connectivity index (χ2v) is 8.96. The van der Waals surface area contributed by atoms with E-state index in [1.807, 2.05) is 35.2 Å². The van der Waals surface area contributed by atoms with Crippen molar-refractivity contribution in [2.45, 2.75) is 18.5 Å². The van der Waals surface area contributed by atoms with E-state index in [4.69, 9.17) is 5.10 Å². The van der Waals surface area contributed by atoms with Gasteiger partial charge in [-0.2, -0.15) is 9.61 Å². The van der Waals surface area contributed by atoms with E-state index in [1.54, 1.807) is 4.52 Å². The van der Waals surface area contributed by atoms with E-state index in [0.29, 0.717) is 16.6 Å². The average molecular weight is 459 g/mol. The molecule has 3 heterocycles. The lowest BCUT2D eigenvalue weighted by atomic mass is 10.1. The molecule has 0 spiro atoms. The van der Waals surface area contributed by atoms with Gasteiger partial charge in [0.05, 0.1) is 11.4 Å². The molecule has 0 bridgehead atoms. The van der Waals surface area contributed by atoms with E-state index in [0.717, 1.165) is 43.9 Å². The number of piperazine rings is 1. The van der Waals surface area contributed by atoms with E-state index in [-0.39, 0.29) is 5.91 Å². The van der Waals surface area contributed by atoms with Crippen LogP contribution in [0, 0.1) is 0 Å². The number of anilines is 1. The van der Waals surface area contributed by atoms with Gasteiger partial charge in [-0.1, -0.05) is 61.2 Å². The van der Waals surface area contributed by atoms with Crippen molar-refractivity contribution in [1.29, 1.82) is 0 Å². The maximum absolute atomic E-state index is 12.8. The van der Waals surface area contributed by atoms with Gasteiger partial charge >= 0.3 is 0 Å². The minimum absolute atomic E-state index is 0.121. The zero-order valence-electron chi connectivity index (χ0n) is 18.6. The summed E-state index contributed by atoms with van der Waals surface area (Å²) in [7, 11) is 0. The molecule has 1 fully saturated rings. The Balaban J connectivity index is 1.22. The Morgan fingerprint density at radius 3 is 2.39 bits per heavy atom. The standard InChI is InChI=1S/C25H26N6OS/c1-2-19-8-10-20(11-9-19)22-12-13-23-26-27-25(31(23)28-22)33-18-24(32)30-16-14-29(15-17-30)21-6-4-3-5-7-21/h3-13H,2,14-18H2,1H3. The Morgan fingerprint density at radius 2 is 1.67 bits per heavy atom. The maximum atomic E-state index is 12.8. The van der Waals surface area contributed by atoms with Gasteiger partial charge in [0.2, 0.25) is 11.1 Å². The van der Waals surface area contributed by atoms with Crippen molar-refractivity contribution >= 4 is 29.0 Å². The molecular formula is C25H26N6OS. The van der Waals surface area contributed by atoms with Gasteiger partial charge in [-0.05, 0) is 36.2 Å². The molecule has 0 saturated carbocycles. The third kappa shape index (κ3) is 4.71. The molecule has 1 amide bonds. The van der Waals surface area contributed by atoms with Gasteiger partial charge in [-0.15, -0.1) is 10.2 Å². The highest BCUT2D eigenvalue weighted by molar-refractivity contribution is 7.99. The van der Waals surface area contributed by atoms with Crippen LogP contribution >= 0.6 is 11.8 Å². The molecule has 0 radical (unpaired) electrons. The van der Waals surface area contributed by atoms with Gasteiger partial charge in [-0.3, -0.25) is 4.79 Å². The fourth-order valence-corrected chi connectivity index (χ4v) is 4.79. The molecule has 2 aromatic carbocycles. The number of benzene rings is 2. The minimum Gasteiger partial charge on any atom is -0.368 e. The van der Waals surface area contributed by atoms with Crippen LogP contribution < -0.4 is 4.90 Å². The molecule has 1 aliphatic rings. The number of amides is 1. The first-order valence-electron chi connectivity index (χ1n) is 11.2. The lowest BCUT2D eigenvalue weighted by Crippen LogP contribution is -2.49. The van der Waals surface area contributed by atoms with Crippen LogP contribution in [0.3, 0.4) is 0 Å². The molecule has 2 aromatic heterocycles. The van der Waals surface area contributed by atoms with Gasteiger partial charge in [0.1, 0.15) is 0 Å². The van der Waals surface area contributed by atoms with Crippen LogP contribution in [-0.4, -0.2) is 62.6 Å². The highest BCUT2D eigenvalue weighted by Gasteiger charge is 2.22. The molecule has 1 saturated heterocycles. The van der Waals surface area contributed by atoms with Crippen LogP contribution in [0.5, 0.6) is 0 Å². The van der Waals surface area contributed by atoms with Crippen molar-refractivity contribution in [2.24, 2.45) is 0 Å². The van der Waals surface area contributed by atoms with Crippen molar-refractivity contribution in [2.75, 3.05) is 36.8 Å². The zero-order chi connectivity index (χ0) is 22.6. The molecular weight excluding hydrogens is 432 g/mol. The Labute approximate surface area is 197 Å². The van der Waals surface area contributed by atoms with Crippen molar-refractivity contribution in [3.8, 4) is 11.3 Å².